The molecule has 0 atom stereocenters. The van der Waals surface area contributed by atoms with Crippen LogP contribution >= 0.6 is 15.9 Å². The second kappa shape index (κ2) is 7.79. The van der Waals surface area contributed by atoms with E-state index >= 15 is 0 Å². The highest BCUT2D eigenvalue weighted by Gasteiger charge is 2.24. The lowest BCUT2D eigenvalue weighted by molar-refractivity contribution is -0.121. The number of fused-ring (bicyclic) bond motifs is 1. The molecule has 1 aromatic carbocycles. The van der Waals surface area contributed by atoms with Crippen molar-refractivity contribution in [2.45, 2.75) is 11.4 Å². The molecule has 0 saturated carbocycles. The molecule has 0 fully saturated rings. The van der Waals surface area contributed by atoms with Crippen LogP contribution in [0.15, 0.2) is 58.0 Å². The minimum Gasteiger partial charge on any atom is -0.349 e. The third-order valence-electron chi connectivity index (χ3n) is 3.89. The first-order valence-electron chi connectivity index (χ1n) is 8.17. The lowest BCUT2D eigenvalue weighted by Crippen LogP contribution is -2.33. The maximum Gasteiger partial charge on any atom is 0.269 e. The number of halogens is 1. The van der Waals surface area contributed by atoms with Gasteiger partial charge in [-0.3, -0.25) is 4.79 Å². The molecule has 0 aliphatic rings. The van der Waals surface area contributed by atoms with E-state index in [1.54, 1.807) is 49.3 Å². The normalized spacial score (nSPS) is 11.9. The fraction of sp³-hybridized carbons (Fsp3) is 0.222. The van der Waals surface area contributed by atoms with Crippen molar-refractivity contribution in [3.05, 3.63) is 58.8 Å². The van der Waals surface area contributed by atoms with Gasteiger partial charge in [-0.2, -0.15) is 0 Å². The maximum atomic E-state index is 13.3. The van der Waals surface area contributed by atoms with Gasteiger partial charge < -0.3 is 10.2 Å². The number of nitrogens with zero attached hydrogens (tertiary/aromatic N) is 3. The quantitative estimate of drug-likeness (QED) is 0.622. The Bertz CT molecular complexity index is 1080. The Balaban J connectivity index is 2.10. The first-order chi connectivity index (χ1) is 12.8. The Kier molecular flexibility index (Phi) is 5.64. The van der Waals surface area contributed by atoms with Crippen LogP contribution in [0.5, 0.6) is 0 Å². The molecule has 0 unspecified atom stereocenters. The second-order valence-electron chi connectivity index (χ2n) is 6.26. The standard InChI is InChI=1S/C18H19BrN4O3S/c1-22(2)12-17(24)21-11-13-10-15-16(19)8-9-20-18(15)23(13)27(25,26)14-6-4-3-5-7-14/h3-10H,11-12H2,1-2H3,(H,21,24). The third-order valence-corrected chi connectivity index (χ3v) is 6.34. The van der Waals surface area contributed by atoms with E-state index in [0.717, 1.165) is 4.47 Å². The van der Waals surface area contributed by atoms with Crippen molar-refractivity contribution in [2.75, 3.05) is 20.6 Å². The Morgan fingerprint density at radius 2 is 1.93 bits per heavy atom. The van der Waals surface area contributed by atoms with Crippen LogP contribution in [0.25, 0.3) is 11.0 Å². The number of carbonyl (C=O) groups excluding carboxylic acids is 1. The number of hydrogen-bond acceptors (Lipinski definition) is 5. The summed E-state index contributed by atoms with van der Waals surface area (Å²) in [6.07, 6.45) is 1.54. The zero-order valence-electron chi connectivity index (χ0n) is 14.9. The number of likely N-dealkylation sites (N-methyl/N-ethyl adjacent to an activating group) is 1. The van der Waals surface area contributed by atoms with E-state index in [1.807, 2.05) is 0 Å². The summed E-state index contributed by atoms with van der Waals surface area (Å²) in [5, 5.41) is 3.43. The molecule has 0 saturated heterocycles. The highest BCUT2D eigenvalue weighted by molar-refractivity contribution is 9.10. The summed E-state index contributed by atoms with van der Waals surface area (Å²) in [7, 11) is -0.291. The summed E-state index contributed by atoms with van der Waals surface area (Å²) < 4.78 is 28.4. The van der Waals surface area contributed by atoms with Gasteiger partial charge in [0, 0.05) is 16.1 Å². The predicted molar refractivity (Wildman–Crippen MR) is 107 cm³/mol. The van der Waals surface area contributed by atoms with Crippen LogP contribution in [0.1, 0.15) is 5.69 Å². The highest BCUT2D eigenvalue weighted by Crippen LogP contribution is 2.29. The average molecular weight is 451 g/mol. The molecule has 1 amide bonds. The fourth-order valence-corrected chi connectivity index (χ4v) is 4.64. The zero-order valence-corrected chi connectivity index (χ0v) is 17.3. The van der Waals surface area contributed by atoms with Gasteiger partial charge >= 0.3 is 0 Å². The number of nitrogens with one attached hydrogen (secondary N) is 1. The van der Waals surface area contributed by atoms with Crippen molar-refractivity contribution >= 4 is 42.9 Å². The van der Waals surface area contributed by atoms with E-state index < -0.39 is 10.0 Å². The Morgan fingerprint density at radius 1 is 1.22 bits per heavy atom. The number of carbonyl (C=O) groups is 1. The van der Waals surface area contributed by atoms with Crippen LogP contribution in [0.3, 0.4) is 0 Å². The number of rotatable bonds is 6. The molecule has 0 aliphatic heterocycles. The van der Waals surface area contributed by atoms with Gasteiger partial charge in [-0.25, -0.2) is 17.4 Å². The summed E-state index contributed by atoms with van der Waals surface area (Å²) in [4.78, 5) is 18.2. The van der Waals surface area contributed by atoms with Crippen LogP contribution < -0.4 is 5.32 Å². The van der Waals surface area contributed by atoms with Crippen molar-refractivity contribution in [3.8, 4) is 0 Å². The van der Waals surface area contributed by atoms with Crippen LogP contribution in [-0.2, 0) is 21.4 Å². The Hall–Kier alpha value is -2.23. The highest BCUT2D eigenvalue weighted by atomic mass is 79.9. The van der Waals surface area contributed by atoms with E-state index in [4.69, 9.17) is 0 Å². The van der Waals surface area contributed by atoms with Crippen molar-refractivity contribution in [1.29, 1.82) is 0 Å². The first kappa shape index (κ1) is 19.5. The van der Waals surface area contributed by atoms with E-state index in [-0.39, 0.29) is 23.9 Å². The van der Waals surface area contributed by atoms with Gasteiger partial charge in [0.05, 0.1) is 23.7 Å². The fourth-order valence-electron chi connectivity index (χ4n) is 2.72. The molecule has 0 aliphatic carbocycles. The molecule has 27 heavy (non-hydrogen) atoms. The van der Waals surface area contributed by atoms with Gasteiger partial charge in [-0.05, 0) is 54.3 Å². The monoisotopic (exact) mass is 450 g/mol. The largest absolute Gasteiger partial charge is 0.349 e. The van der Waals surface area contributed by atoms with Gasteiger partial charge in [-0.15, -0.1) is 0 Å². The van der Waals surface area contributed by atoms with Crippen LogP contribution in [-0.4, -0.2) is 48.8 Å². The molecular formula is C18H19BrN4O3S. The zero-order chi connectivity index (χ0) is 19.6. The van der Waals surface area contributed by atoms with Crippen LogP contribution in [0.4, 0.5) is 0 Å². The van der Waals surface area contributed by atoms with Gasteiger partial charge in [0.25, 0.3) is 10.0 Å². The minimum absolute atomic E-state index is 0.0710. The predicted octanol–water partition coefficient (Wildman–Crippen LogP) is 2.21. The average Bonchev–Trinajstić information content (AvgIpc) is 3.01. The van der Waals surface area contributed by atoms with Crippen LogP contribution in [0.2, 0.25) is 0 Å². The Morgan fingerprint density at radius 3 is 2.59 bits per heavy atom. The number of hydrogen-bond donors (Lipinski definition) is 1. The van der Waals surface area contributed by atoms with E-state index in [0.29, 0.717) is 16.7 Å². The van der Waals surface area contributed by atoms with E-state index in [1.165, 1.54) is 22.3 Å². The molecule has 0 bridgehead atoms. The number of benzene rings is 1. The van der Waals surface area contributed by atoms with Gasteiger partial charge in [0.2, 0.25) is 5.91 Å². The lowest BCUT2D eigenvalue weighted by Gasteiger charge is -2.13. The molecule has 0 radical (unpaired) electrons. The molecule has 0 spiro atoms. The molecule has 2 heterocycles. The number of aromatic nitrogens is 2. The Labute approximate surface area is 166 Å². The SMILES string of the molecule is CN(C)CC(=O)NCc1cc2c(Br)ccnc2n1S(=O)(=O)c1ccccc1. The number of amides is 1. The third kappa shape index (κ3) is 4.05. The smallest absolute Gasteiger partial charge is 0.269 e. The van der Waals surface area contributed by atoms with Crippen LogP contribution in [0, 0.1) is 0 Å². The van der Waals surface area contributed by atoms with Crippen molar-refractivity contribution < 1.29 is 13.2 Å². The van der Waals surface area contributed by atoms with Crippen molar-refractivity contribution in [2.24, 2.45) is 0 Å². The van der Waals surface area contributed by atoms with Crippen molar-refractivity contribution in [1.82, 2.24) is 19.2 Å². The summed E-state index contributed by atoms with van der Waals surface area (Å²) in [6, 6.07) is 11.6. The first-order valence-corrected chi connectivity index (χ1v) is 10.4. The second-order valence-corrected chi connectivity index (χ2v) is 8.90. The summed E-state index contributed by atoms with van der Waals surface area (Å²) >= 11 is 3.44. The van der Waals surface area contributed by atoms with Gasteiger partial charge in [0.1, 0.15) is 0 Å². The molecule has 2 aromatic heterocycles. The van der Waals surface area contributed by atoms with E-state index in [9.17, 15) is 13.2 Å². The summed E-state index contributed by atoms with van der Waals surface area (Å²) in [6.45, 7) is 0.287. The molecule has 3 aromatic rings. The molecule has 7 nitrogen and oxygen atoms in total. The molecule has 1 N–H and O–H groups in total. The topological polar surface area (TPSA) is 84.3 Å². The summed E-state index contributed by atoms with van der Waals surface area (Å²) in [5.74, 6) is -0.194. The summed E-state index contributed by atoms with van der Waals surface area (Å²) in [5.41, 5.74) is 0.741. The molecule has 9 heteroatoms. The van der Waals surface area contributed by atoms with Gasteiger partial charge in [0.15, 0.2) is 5.65 Å². The van der Waals surface area contributed by atoms with Crippen molar-refractivity contribution in [3.63, 3.8) is 0 Å². The molecule has 3 rings (SSSR count). The number of pyridine rings is 1. The van der Waals surface area contributed by atoms with Gasteiger partial charge in [-0.1, -0.05) is 18.2 Å². The molecular weight excluding hydrogens is 432 g/mol. The van der Waals surface area contributed by atoms with E-state index in [2.05, 4.69) is 26.2 Å². The maximum absolute atomic E-state index is 13.3. The molecule has 142 valence electrons. The lowest BCUT2D eigenvalue weighted by atomic mass is 10.3. The minimum atomic E-state index is -3.87.